The van der Waals surface area contributed by atoms with Crippen molar-refractivity contribution in [3.63, 3.8) is 0 Å². The van der Waals surface area contributed by atoms with Crippen molar-refractivity contribution in [1.82, 2.24) is 24.7 Å². The Morgan fingerprint density at radius 3 is 2.45 bits per heavy atom. The number of amides is 1. The van der Waals surface area contributed by atoms with Crippen LogP contribution in [0.2, 0.25) is 0 Å². The molecule has 0 spiro atoms. The number of nitrogens with one attached hydrogen (secondary N) is 1. The molecule has 1 aliphatic heterocycles. The van der Waals surface area contributed by atoms with Crippen molar-refractivity contribution >= 4 is 15.9 Å². The Hall–Kier alpha value is -3.11. The predicted octanol–water partition coefficient (Wildman–Crippen LogP) is 2.63. The molecule has 0 unspecified atom stereocenters. The maximum absolute atomic E-state index is 12.9. The van der Waals surface area contributed by atoms with Crippen molar-refractivity contribution in [1.29, 1.82) is 0 Å². The van der Waals surface area contributed by atoms with Gasteiger partial charge in [0.2, 0.25) is 15.8 Å². The number of nitrogens with zero attached hydrogens (tertiary/aromatic N) is 4. The molecule has 0 bridgehead atoms. The second-order valence-electron chi connectivity index (χ2n) is 7.27. The van der Waals surface area contributed by atoms with Crippen molar-refractivity contribution < 1.29 is 17.7 Å². The minimum atomic E-state index is -3.53. The third-order valence-corrected chi connectivity index (χ3v) is 7.00. The molecular weight excluding hydrogens is 418 g/mol. The van der Waals surface area contributed by atoms with Crippen LogP contribution in [-0.2, 0) is 16.6 Å². The summed E-state index contributed by atoms with van der Waals surface area (Å²) in [5.41, 5.74) is 1.26. The van der Waals surface area contributed by atoms with Gasteiger partial charge in [0, 0.05) is 24.8 Å². The molecule has 1 amide bonds. The summed E-state index contributed by atoms with van der Waals surface area (Å²) in [6, 6.07) is 11.7. The largest absolute Gasteiger partial charge is 0.342 e. The fourth-order valence-electron chi connectivity index (χ4n) is 3.39. The van der Waals surface area contributed by atoms with E-state index in [4.69, 9.17) is 4.52 Å². The standard InChI is InChI=1S/C21H23N5O4S/c27-20(23-15-17-7-3-4-12-22-17)21-24-19(25-30-21)16-8-10-18(11-9-16)31(28,29)26-13-5-1-2-6-14-26/h3-4,7-12H,1-2,5-6,13-15H2,(H,23,27). The average Bonchev–Trinajstić information content (AvgIpc) is 3.13. The molecule has 3 aromatic rings. The Labute approximate surface area is 180 Å². The summed E-state index contributed by atoms with van der Waals surface area (Å²) < 4.78 is 32.4. The molecule has 1 aliphatic rings. The van der Waals surface area contributed by atoms with Gasteiger partial charge < -0.3 is 9.84 Å². The predicted molar refractivity (Wildman–Crippen MR) is 112 cm³/mol. The van der Waals surface area contributed by atoms with E-state index in [0.717, 1.165) is 25.7 Å². The molecule has 1 N–H and O–H groups in total. The third kappa shape index (κ3) is 4.97. The molecule has 9 nitrogen and oxygen atoms in total. The lowest BCUT2D eigenvalue weighted by atomic mass is 10.2. The highest BCUT2D eigenvalue weighted by molar-refractivity contribution is 7.89. The van der Waals surface area contributed by atoms with Crippen LogP contribution in [0, 0.1) is 0 Å². The normalized spacial score (nSPS) is 15.4. The van der Waals surface area contributed by atoms with E-state index >= 15 is 0 Å². The number of benzene rings is 1. The number of carbonyl (C=O) groups excluding carboxylic acids is 1. The first-order chi connectivity index (χ1) is 15.0. The summed E-state index contributed by atoms with van der Waals surface area (Å²) in [5, 5.41) is 6.50. The third-order valence-electron chi connectivity index (χ3n) is 5.09. The molecule has 0 atom stereocenters. The highest BCUT2D eigenvalue weighted by atomic mass is 32.2. The average molecular weight is 442 g/mol. The quantitative estimate of drug-likeness (QED) is 0.625. The molecule has 1 fully saturated rings. The van der Waals surface area contributed by atoms with Crippen LogP contribution >= 0.6 is 0 Å². The Bertz CT molecular complexity index is 1120. The van der Waals surface area contributed by atoms with Crippen LogP contribution in [0.25, 0.3) is 11.4 Å². The summed E-state index contributed by atoms with van der Waals surface area (Å²) in [6.07, 6.45) is 5.51. The van der Waals surface area contributed by atoms with Crippen LogP contribution in [0.4, 0.5) is 0 Å². The molecule has 0 aliphatic carbocycles. The van der Waals surface area contributed by atoms with Gasteiger partial charge in [0.25, 0.3) is 0 Å². The molecular formula is C21H23N5O4S. The fraction of sp³-hybridized carbons (Fsp3) is 0.333. The topological polar surface area (TPSA) is 118 Å². The van der Waals surface area contributed by atoms with Gasteiger partial charge >= 0.3 is 11.8 Å². The van der Waals surface area contributed by atoms with Gasteiger partial charge in [0.15, 0.2) is 0 Å². The highest BCUT2D eigenvalue weighted by Gasteiger charge is 2.25. The van der Waals surface area contributed by atoms with Crippen LogP contribution in [0.15, 0.2) is 58.1 Å². The van der Waals surface area contributed by atoms with Crippen LogP contribution in [0.1, 0.15) is 42.1 Å². The van der Waals surface area contributed by atoms with Gasteiger partial charge in [-0.25, -0.2) is 8.42 Å². The van der Waals surface area contributed by atoms with Gasteiger partial charge in [-0.1, -0.05) is 24.1 Å². The van der Waals surface area contributed by atoms with Crippen molar-refractivity contribution in [3.05, 3.63) is 60.2 Å². The van der Waals surface area contributed by atoms with E-state index in [1.165, 1.54) is 12.1 Å². The SMILES string of the molecule is O=C(NCc1ccccn1)c1nc(-c2ccc(S(=O)(=O)N3CCCCCC3)cc2)no1. The number of aromatic nitrogens is 3. The van der Waals surface area contributed by atoms with Crippen LogP contribution < -0.4 is 5.32 Å². The zero-order valence-corrected chi connectivity index (χ0v) is 17.7. The fourth-order valence-corrected chi connectivity index (χ4v) is 4.91. The molecule has 3 heterocycles. The molecule has 31 heavy (non-hydrogen) atoms. The van der Waals surface area contributed by atoms with E-state index in [1.54, 1.807) is 34.8 Å². The molecule has 4 rings (SSSR count). The van der Waals surface area contributed by atoms with Crippen molar-refractivity contribution in [2.45, 2.75) is 37.1 Å². The summed E-state index contributed by atoms with van der Waals surface area (Å²) in [5.74, 6) is -0.473. The maximum atomic E-state index is 12.9. The van der Waals surface area contributed by atoms with E-state index in [1.807, 2.05) is 6.07 Å². The highest BCUT2D eigenvalue weighted by Crippen LogP contribution is 2.23. The lowest BCUT2D eigenvalue weighted by Crippen LogP contribution is -2.31. The number of carbonyl (C=O) groups is 1. The first-order valence-electron chi connectivity index (χ1n) is 10.2. The minimum Gasteiger partial charge on any atom is -0.342 e. The molecule has 162 valence electrons. The van der Waals surface area contributed by atoms with Crippen LogP contribution in [-0.4, -0.2) is 46.8 Å². The van der Waals surface area contributed by atoms with E-state index in [-0.39, 0.29) is 23.2 Å². The van der Waals surface area contributed by atoms with Gasteiger partial charge in [0.05, 0.1) is 17.1 Å². The summed E-state index contributed by atoms with van der Waals surface area (Å²) >= 11 is 0. The van der Waals surface area contributed by atoms with Gasteiger partial charge in [0.1, 0.15) is 0 Å². The molecule has 2 aromatic heterocycles. The Kier molecular flexibility index (Phi) is 6.38. The monoisotopic (exact) mass is 441 g/mol. The Morgan fingerprint density at radius 2 is 1.77 bits per heavy atom. The number of pyridine rings is 1. The molecule has 1 aromatic carbocycles. The van der Waals surface area contributed by atoms with Crippen molar-refractivity contribution in [2.24, 2.45) is 0 Å². The first-order valence-corrected chi connectivity index (χ1v) is 11.6. The van der Waals surface area contributed by atoms with Gasteiger partial charge in [-0.2, -0.15) is 9.29 Å². The maximum Gasteiger partial charge on any atom is 0.316 e. The van der Waals surface area contributed by atoms with Crippen LogP contribution in [0.5, 0.6) is 0 Å². The molecule has 10 heteroatoms. The lowest BCUT2D eigenvalue weighted by Gasteiger charge is -2.19. The zero-order chi connectivity index (χ0) is 21.7. The smallest absolute Gasteiger partial charge is 0.316 e. The first kappa shape index (κ1) is 21.1. The van der Waals surface area contributed by atoms with Gasteiger partial charge in [-0.15, -0.1) is 0 Å². The molecule has 0 saturated carbocycles. The summed E-state index contributed by atoms with van der Waals surface area (Å²) in [6.45, 7) is 1.33. The van der Waals surface area contributed by atoms with Crippen molar-refractivity contribution in [3.8, 4) is 11.4 Å². The lowest BCUT2D eigenvalue weighted by molar-refractivity contribution is 0.0906. The van der Waals surface area contributed by atoms with E-state index in [9.17, 15) is 13.2 Å². The number of hydrogen-bond acceptors (Lipinski definition) is 7. The van der Waals surface area contributed by atoms with E-state index in [2.05, 4.69) is 20.4 Å². The van der Waals surface area contributed by atoms with E-state index < -0.39 is 15.9 Å². The number of hydrogen-bond donors (Lipinski definition) is 1. The minimum absolute atomic E-state index is 0.174. The Morgan fingerprint density at radius 1 is 1.03 bits per heavy atom. The summed E-state index contributed by atoms with van der Waals surface area (Å²) in [4.78, 5) is 20.7. The van der Waals surface area contributed by atoms with Crippen LogP contribution in [0.3, 0.4) is 0 Å². The second kappa shape index (κ2) is 9.36. The van der Waals surface area contributed by atoms with Gasteiger partial charge in [-0.3, -0.25) is 9.78 Å². The Balaban J connectivity index is 1.43. The summed E-state index contributed by atoms with van der Waals surface area (Å²) in [7, 11) is -3.53. The van der Waals surface area contributed by atoms with Crippen molar-refractivity contribution in [2.75, 3.05) is 13.1 Å². The molecule has 1 saturated heterocycles. The number of sulfonamides is 1. The van der Waals surface area contributed by atoms with Gasteiger partial charge in [-0.05, 0) is 49.2 Å². The number of rotatable bonds is 6. The second-order valence-corrected chi connectivity index (χ2v) is 9.21. The molecule has 0 radical (unpaired) electrons. The zero-order valence-electron chi connectivity index (χ0n) is 16.9. The van der Waals surface area contributed by atoms with E-state index in [0.29, 0.717) is 24.3 Å².